The fraction of sp³-hybridized carbons (Fsp3) is 0.115. The number of anilines is 2. The van der Waals surface area contributed by atoms with Crippen molar-refractivity contribution in [2.24, 2.45) is 0 Å². The van der Waals surface area contributed by atoms with Gasteiger partial charge in [-0.3, -0.25) is 4.57 Å². The van der Waals surface area contributed by atoms with Gasteiger partial charge in [0.05, 0.1) is 0 Å². The lowest BCUT2D eigenvalue weighted by Gasteiger charge is -2.11. The Morgan fingerprint density at radius 2 is 1.53 bits per heavy atom. The molecule has 0 unspecified atom stereocenters. The molecule has 0 saturated carbocycles. The van der Waals surface area contributed by atoms with Crippen LogP contribution >= 0.6 is 0 Å². The Balaban J connectivity index is 1.33. The van der Waals surface area contributed by atoms with Gasteiger partial charge >= 0.3 is 0 Å². The highest BCUT2D eigenvalue weighted by molar-refractivity contribution is 5.85. The number of benzene rings is 3. The van der Waals surface area contributed by atoms with Crippen LogP contribution in [0.4, 0.5) is 11.8 Å². The van der Waals surface area contributed by atoms with Crippen molar-refractivity contribution in [3.63, 3.8) is 0 Å². The lowest BCUT2D eigenvalue weighted by atomic mass is 10.2. The Kier molecular flexibility index (Phi) is 5.16. The van der Waals surface area contributed by atoms with Crippen molar-refractivity contribution >= 4 is 22.9 Å². The molecule has 1 aliphatic heterocycles. The number of hydrogen-bond donors (Lipinski definition) is 2. The van der Waals surface area contributed by atoms with Crippen LogP contribution in [-0.2, 0) is 13.1 Å². The van der Waals surface area contributed by atoms with Gasteiger partial charge in [-0.25, -0.2) is 4.98 Å². The Labute approximate surface area is 196 Å². The first-order chi connectivity index (χ1) is 16.8. The third-order valence-corrected chi connectivity index (χ3v) is 5.62. The molecule has 0 bridgehead atoms. The zero-order chi connectivity index (χ0) is 22.7. The quantitative estimate of drug-likeness (QED) is 0.369. The van der Waals surface area contributed by atoms with E-state index in [-0.39, 0.29) is 6.79 Å². The molecule has 0 spiro atoms. The van der Waals surface area contributed by atoms with Gasteiger partial charge in [-0.15, -0.1) is 0 Å². The van der Waals surface area contributed by atoms with Gasteiger partial charge in [-0.05, 0) is 35.4 Å². The molecule has 0 fully saturated rings. The van der Waals surface area contributed by atoms with E-state index in [2.05, 4.69) is 27.8 Å². The first-order valence-corrected chi connectivity index (χ1v) is 11.0. The van der Waals surface area contributed by atoms with E-state index in [9.17, 15) is 0 Å². The molecule has 0 atom stereocenters. The maximum atomic E-state index is 5.49. The van der Waals surface area contributed by atoms with Crippen LogP contribution < -0.4 is 20.1 Å². The van der Waals surface area contributed by atoms with E-state index in [0.29, 0.717) is 30.4 Å². The van der Waals surface area contributed by atoms with Crippen LogP contribution in [0.1, 0.15) is 11.1 Å². The Bertz CT molecular complexity index is 1440. The Morgan fingerprint density at radius 1 is 0.765 bits per heavy atom. The zero-order valence-electron chi connectivity index (χ0n) is 18.3. The molecule has 168 valence electrons. The SMILES string of the molecule is c1ccc(CNc2nc(NCc3ccc4c(c3)OCO4)nc3c2ncn3-c2ccccc2)cc1. The molecule has 2 N–H and O–H groups in total. The van der Waals surface area contributed by atoms with Crippen molar-refractivity contribution in [2.45, 2.75) is 13.1 Å². The molecule has 3 aromatic carbocycles. The molecule has 8 nitrogen and oxygen atoms in total. The lowest BCUT2D eigenvalue weighted by Crippen LogP contribution is -2.09. The summed E-state index contributed by atoms with van der Waals surface area (Å²) in [4.78, 5) is 14.2. The molecular weight excluding hydrogens is 428 g/mol. The van der Waals surface area contributed by atoms with Gasteiger partial charge in [0.1, 0.15) is 6.33 Å². The summed E-state index contributed by atoms with van der Waals surface area (Å²) in [5, 5.41) is 6.79. The summed E-state index contributed by atoms with van der Waals surface area (Å²) in [5.74, 6) is 2.71. The molecule has 1 aliphatic rings. The summed E-state index contributed by atoms with van der Waals surface area (Å²) in [6, 6.07) is 26.1. The summed E-state index contributed by atoms with van der Waals surface area (Å²) in [6.45, 7) is 1.43. The zero-order valence-corrected chi connectivity index (χ0v) is 18.3. The Morgan fingerprint density at radius 3 is 2.38 bits per heavy atom. The number of para-hydroxylation sites is 1. The van der Waals surface area contributed by atoms with E-state index in [1.165, 1.54) is 0 Å². The molecule has 3 heterocycles. The van der Waals surface area contributed by atoms with Gasteiger partial charge in [0.15, 0.2) is 28.5 Å². The molecule has 0 saturated heterocycles. The molecule has 5 aromatic rings. The van der Waals surface area contributed by atoms with Crippen LogP contribution in [0.25, 0.3) is 16.9 Å². The number of hydrogen-bond acceptors (Lipinski definition) is 7. The van der Waals surface area contributed by atoms with Crippen molar-refractivity contribution in [2.75, 3.05) is 17.4 Å². The standard InChI is InChI=1S/C26H22N6O2/c1-3-7-18(8-4-1)14-27-24-23-25(32(16-29-23)20-9-5-2-6-10-20)31-26(30-24)28-15-19-11-12-21-22(13-19)34-17-33-21/h1-13,16H,14-15,17H2,(H2,27,28,30,31). The number of rotatable bonds is 7. The van der Waals surface area contributed by atoms with E-state index in [4.69, 9.17) is 19.4 Å². The number of imidazole rings is 1. The smallest absolute Gasteiger partial charge is 0.231 e. The monoisotopic (exact) mass is 450 g/mol. The molecule has 8 heteroatoms. The summed E-state index contributed by atoms with van der Waals surface area (Å²) in [6.07, 6.45) is 1.78. The number of nitrogens with one attached hydrogen (secondary N) is 2. The van der Waals surface area contributed by atoms with E-state index in [1.807, 2.05) is 71.3 Å². The van der Waals surface area contributed by atoms with Gasteiger partial charge in [0, 0.05) is 18.8 Å². The van der Waals surface area contributed by atoms with Gasteiger partial charge < -0.3 is 20.1 Å². The highest BCUT2D eigenvalue weighted by atomic mass is 16.7. The fourth-order valence-corrected chi connectivity index (χ4v) is 3.89. The summed E-state index contributed by atoms with van der Waals surface area (Å²) in [5.41, 5.74) is 4.63. The van der Waals surface area contributed by atoms with E-state index < -0.39 is 0 Å². The van der Waals surface area contributed by atoms with Crippen molar-refractivity contribution in [1.29, 1.82) is 0 Å². The normalized spacial score (nSPS) is 12.1. The van der Waals surface area contributed by atoms with Crippen LogP contribution in [0.3, 0.4) is 0 Å². The van der Waals surface area contributed by atoms with Crippen LogP contribution in [0, 0.1) is 0 Å². The third-order valence-electron chi connectivity index (χ3n) is 5.62. The second-order valence-corrected chi connectivity index (χ2v) is 7.90. The average molecular weight is 451 g/mol. The maximum Gasteiger partial charge on any atom is 0.231 e. The number of ether oxygens (including phenoxy) is 2. The molecule has 2 aromatic heterocycles. The number of nitrogens with zero attached hydrogens (tertiary/aromatic N) is 4. The highest BCUT2D eigenvalue weighted by Crippen LogP contribution is 2.32. The molecule has 0 amide bonds. The average Bonchev–Trinajstić information content (AvgIpc) is 3.54. The largest absolute Gasteiger partial charge is 0.454 e. The minimum atomic E-state index is 0.256. The van der Waals surface area contributed by atoms with Gasteiger partial charge in [-0.1, -0.05) is 54.6 Å². The third kappa shape index (κ3) is 3.97. The minimum absolute atomic E-state index is 0.256. The van der Waals surface area contributed by atoms with Gasteiger partial charge in [0.25, 0.3) is 0 Å². The van der Waals surface area contributed by atoms with Crippen LogP contribution in [0.5, 0.6) is 11.5 Å². The summed E-state index contributed by atoms with van der Waals surface area (Å²) >= 11 is 0. The van der Waals surface area contributed by atoms with E-state index in [1.54, 1.807) is 6.33 Å². The van der Waals surface area contributed by atoms with Crippen molar-refractivity contribution in [3.05, 3.63) is 96.3 Å². The van der Waals surface area contributed by atoms with Gasteiger partial charge in [0.2, 0.25) is 12.7 Å². The first-order valence-electron chi connectivity index (χ1n) is 11.0. The minimum Gasteiger partial charge on any atom is -0.454 e. The first kappa shape index (κ1) is 20.0. The molecule has 6 rings (SSSR count). The molecule has 0 radical (unpaired) electrons. The number of fused-ring (bicyclic) bond motifs is 2. The number of aromatic nitrogens is 4. The van der Waals surface area contributed by atoms with Crippen LogP contribution in [0.2, 0.25) is 0 Å². The predicted molar refractivity (Wildman–Crippen MR) is 130 cm³/mol. The van der Waals surface area contributed by atoms with Crippen LogP contribution in [0.15, 0.2) is 85.2 Å². The topological polar surface area (TPSA) is 86.1 Å². The summed E-state index contributed by atoms with van der Waals surface area (Å²) in [7, 11) is 0. The fourth-order valence-electron chi connectivity index (χ4n) is 3.89. The van der Waals surface area contributed by atoms with Gasteiger partial charge in [-0.2, -0.15) is 9.97 Å². The lowest BCUT2D eigenvalue weighted by molar-refractivity contribution is 0.174. The maximum absolute atomic E-state index is 5.49. The van der Waals surface area contributed by atoms with Crippen molar-refractivity contribution in [1.82, 2.24) is 19.5 Å². The highest BCUT2D eigenvalue weighted by Gasteiger charge is 2.16. The van der Waals surface area contributed by atoms with E-state index in [0.717, 1.165) is 34.0 Å². The summed E-state index contributed by atoms with van der Waals surface area (Å²) < 4.78 is 12.9. The van der Waals surface area contributed by atoms with Crippen molar-refractivity contribution < 1.29 is 9.47 Å². The molecular formula is C26H22N6O2. The van der Waals surface area contributed by atoms with Crippen molar-refractivity contribution in [3.8, 4) is 17.2 Å². The van der Waals surface area contributed by atoms with E-state index >= 15 is 0 Å². The second-order valence-electron chi connectivity index (χ2n) is 7.90. The second kappa shape index (κ2) is 8.74. The Hall–Kier alpha value is -4.59. The molecule has 0 aliphatic carbocycles. The predicted octanol–water partition coefficient (Wildman–Crippen LogP) is 4.77. The molecule has 34 heavy (non-hydrogen) atoms. The van der Waals surface area contributed by atoms with Crippen LogP contribution in [-0.4, -0.2) is 26.3 Å².